The van der Waals surface area contributed by atoms with E-state index in [1.807, 2.05) is 212 Å². The van der Waals surface area contributed by atoms with Crippen LogP contribution in [0, 0.1) is 0 Å². The summed E-state index contributed by atoms with van der Waals surface area (Å²) in [6, 6.07) is 74.0. The molecule has 14 heteroatoms. The third kappa shape index (κ3) is 16.6. The fraction of sp³-hybridized carbons (Fsp3) is 0.243. The number of phenols is 1. The van der Waals surface area contributed by atoms with E-state index in [2.05, 4.69) is 0 Å². The van der Waals surface area contributed by atoms with Crippen molar-refractivity contribution in [2.24, 2.45) is 0 Å². The van der Waals surface area contributed by atoms with Crippen LogP contribution in [-0.2, 0) is 84.2 Å². The van der Waals surface area contributed by atoms with E-state index in [1.165, 1.54) is 27.2 Å². The molecule has 1 saturated heterocycles. The van der Waals surface area contributed by atoms with Crippen LogP contribution < -0.4 is 18.9 Å². The number of rotatable bonds is 30. The monoisotopic (exact) mass is 1180 g/mol. The van der Waals surface area contributed by atoms with Crippen LogP contribution in [0.5, 0.6) is 28.7 Å². The van der Waals surface area contributed by atoms with Gasteiger partial charge in [0.2, 0.25) is 0 Å². The lowest BCUT2D eigenvalue weighted by molar-refractivity contribution is -0.275. The zero-order chi connectivity index (χ0) is 60.9. The zero-order valence-corrected chi connectivity index (χ0v) is 49.5. The van der Waals surface area contributed by atoms with Crippen LogP contribution >= 0.6 is 0 Å². The molecule has 1 heterocycles. The number of carbonyl (C=O) groups is 2. The van der Waals surface area contributed by atoms with Gasteiger partial charge in [-0.1, -0.05) is 218 Å². The number of carbonyl (C=O) groups excluding carboxylic acids is 2. The smallest absolute Gasteiger partial charge is 0.308 e. The summed E-state index contributed by atoms with van der Waals surface area (Å²) >= 11 is 0. The highest BCUT2D eigenvalue weighted by molar-refractivity contribution is 6.07. The van der Waals surface area contributed by atoms with Gasteiger partial charge in [0, 0.05) is 27.2 Å². The number of esters is 1. The Morgan fingerprint density at radius 2 is 0.852 bits per heavy atom. The largest absolute Gasteiger partial charge is 0.504 e. The quantitative estimate of drug-likeness (QED) is 0.0196. The standard InChI is InChI=1S/C74H72O14/c1-51(75)87-70-66(68(77)65(74(78-2)79-3)59-39-40-61(60(76)41-59)81-44-53-27-13-5-14-28-53)62(82-45-54-29-15-6-16-30-54)42-63(83-46-55-31-17-7-18-32-55)67(70)71-73(86-49-58-37-23-10-24-38-58)72(85-48-57-35-21-9-22-36-57)69(84-47-56-33-19-8-20-34-56)64(88-71)50-80-43-52-25-11-4-12-26-52/h4-42,64-65,69,71-74,76H,43-50H2,1-3H3/t64-,65?,69-,71+,72+,73+/m1/s1. The van der Waals surface area contributed by atoms with Gasteiger partial charge in [-0.25, -0.2) is 0 Å². The number of benzene rings is 9. The summed E-state index contributed by atoms with van der Waals surface area (Å²) in [6.07, 6.45) is -6.49. The molecule has 6 atom stereocenters. The van der Waals surface area contributed by atoms with Gasteiger partial charge in [-0.3, -0.25) is 9.59 Å². The van der Waals surface area contributed by atoms with Crippen molar-refractivity contribution < 1.29 is 66.8 Å². The van der Waals surface area contributed by atoms with E-state index in [0.29, 0.717) is 0 Å². The molecule has 0 aliphatic carbocycles. The minimum atomic E-state index is -1.37. The van der Waals surface area contributed by atoms with E-state index < -0.39 is 54.5 Å². The highest BCUT2D eigenvalue weighted by atomic mass is 16.7. The minimum Gasteiger partial charge on any atom is -0.504 e. The lowest BCUT2D eigenvalue weighted by Crippen LogP contribution is -2.58. The molecule has 0 amide bonds. The number of Topliss-reactive ketones (excluding diaryl/α,β-unsaturated/α-hetero) is 1. The summed E-state index contributed by atoms with van der Waals surface area (Å²) in [6.45, 7) is 1.95. The van der Waals surface area contributed by atoms with E-state index in [9.17, 15) is 9.90 Å². The van der Waals surface area contributed by atoms with Crippen LogP contribution in [0.4, 0.5) is 0 Å². The Labute approximate surface area is 514 Å². The molecule has 0 saturated carbocycles. The van der Waals surface area contributed by atoms with Gasteiger partial charge in [-0.2, -0.15) is 0 Å². The summed E-state index contributed by atoms with van der Waals surface area (Å²) in [5.41, 5.74) is 6.24. The fourth-order valence-corrected chi connectivity index (χ4v) is 10.6. The number of hydrogen-bond donors (Lipinski definition) is 1. The Morgan fingerprint density at radius 1 is 0.455 bits per heavy atom. The maximum atomic E-state index is 16.6. The number of phenolic OH excluding ortho intramolecular Hbond substituents is 1. The van der Waals surface area contributed by atoms with Crippen molar-refractivity contribution >= 4 is 11.8 Å². The van der Waals surface area contributed by atoms with Gasteiger partial charge in [0.15, 0.2) is 29.3 Å². The van der Waals surface area contributed by atoms with Crippen LogP contribution in [-0.4, -0.2) is 68.4 Å². The molecule has 1 unspecified atom stereocenters. The van der Waals surface area contributed by atoms with Gasteiger partial charge in [0.25, 0.3) is 0 Å². The van der Waals surface area contributed by atoms with E-state index >= 15 is 4.79 Å². The molecule has 0 radical (unpaired) electrons. The minimum absolute atomic E-state index is 0.0113. The van der Waals surface area contributed by atoms with Crippen molar-refractivity contribution in [3.8, 4) is 28.7 Å². The molecule has 1 aliphatic rings. The molecule has 0 aromatic heterocycles. The van der Waals surface area contributed by atoms with Gasteiger partial charge < -0.3 is 57.2 Å². The maximum Gasteiger partial charge on any atom is 0.308 e. The van der Waals surface area contributed by atoms with Gasteiger partial charge in [-0.05, 0) is 56.6 Å². The van der Waals surface area contributed by atoms with Crippen LogP contribution in [0.25, 0.3) is 0 Å². The molecule has 0 bridgehead atoms. The Bertz CT molecular complexity index is 3580. The molecule has 0 spiro atoms. The van der Waals surface area contributed by atoms with E-state index in [4.69, 9.17) is 52.1 Å². The number of hydrogen-bond acceptors (Lipinski definition) is 14. The van der Waals surface area contributed by atoms with Crippen molar-refractivity contribution in [1.82, 2.24) is 0 Å². The van der Waals surface area contributed by atoms with Crippen LogP contribution in [0.2, 0.25) is 0 Å². The Hall–Kier alpha value is -8.96. The Balaban J connectivity index is 1.20. The summed E-state index contributed by atoms with van der Waals surface area (Å²) in [5, 5.41) is 11.7. The van der Waals surface area contributed by atoms with Crippen molar-refractivity contribution in [3.05, 3.63) is 292 Å². The third-order valence-corrected chi connectivity index (χ3v) is 15.0. The van der Waals surface area contributed by atoms with Crippen molar-refractivity contribution in [2.75, 3.05) is 20.8 Å². The normalized spacial score (nSPS) is 16.8. The molecule has 88 heavy (non-hydrogen) atoms. The van der Waals surface area contributed by atoms with Crippen molar-refractivity contribution in [2.45, 2.75) is 95.9 Å². The highest BCUT2D eigenvalue weighted by Gasteiger charge is 2.52. The molecule has 10 rings (SSSR count). The highest BCUT2D eigenvalue weighted by Crippen LogP contribution is 2.51. The zero-order valence-electron chi connectivity index (χ0n) is 49.5. The lowest BCUT2D eigenvalue weighted by atomic mass is 9.84. The molecule has 9 aromatic carbocycles. The van der Waals surface area contributed by atoms with Gasteiger partial charge >= 0.3 is 5.97 Å². The van der Waals surface area contributed by atoms with Gasteiger partial charge in [-0.15, -0.1) is 0 Å². The van der Waals surface area contributed by atoms with E-state index in [-0.39, 0.29) is 98.3 Å². The Kier molecular flexibility index (Phi) is 22.3. The van der Waals surface area contributed by atoms with Crippen LogP contribution in [0.1, 0.15) is 79.4 Å². The topological polar surface area (TPSA) is 156 Å². The molecular weight excluding hydrogens is 1110 g/mol. The number of aromatic hydroxyl groups is 1. The van der Waals surface area contributed by atoms with Crippen molar-refractivity contribution in [3.63, 3.8) is 0 Å². The first-order valence-corrected chi connectivity index (χ1v) is 29.3. The maximum absolute atomic E-state index is 16.6. The second-order valence-electron chi connectivity index (χ2n) is 21.2. The summed E-state index contributed by atoms with van der Waals surface area (Å²) in [5.74, 6) is -3.02. The number of ether oxygens (including phenoxy) is 11. The van der Waals surface area contributed by atoms with E-state index in [0.717, 1.165) is 38.9 Å². The SMILES string of the molecule is COC(OC)C(C(=O)c1c(OCc2ccccc2)cc(OCc2ccccc2)c([C@@H]2O[C@H](COCc3ccccc3)[C@@H](OCc3ccccc3)[C@H](OCc3ccccc3)[C@H]2OCc2ccccc2)c1OC(C)=O)c1ccc(OCc2ccccc2)c(O)c1. The predicted octanol–water partition coefficient (Wildman–Crippen LogP) is 14.1. The average Bonchev–Trinajstić information content (AvgIpc) is 1.59. The number of ketones is 1. The first kappa shape index (κ1) is 62.1. The molecular formula is C74H72O14. The van der Waals surface area contributed by atoms with Crippen LogP contribution in [0.3, 0.4) is 0 Å². The van der Waals surface area contributed by atoms with E-state index in [1.54, 1.807) is 18.2 Å². The number of methoxy groups -OCH3 is 2. The fourth-order valence-electron chi connectivity index (χ4n) is 10.6. The summed E-state index contributed by atoms with van der Waals surface area (Å²) < 4.78 is 74.2. The van der Waals surface area contributed by atoms with Crippen molar-refractivity contribution in [1.29, 1.82) is 0 Å². The first-order chi connectivity index (χ1) is 43.2. The summed E-state index contributed by atoms with van der Waals surface area (Å²) in [4.78, 5) is 30.8. The predicted molar refractivity (Wildman–Crippen MR) is 332 cm³/mol. The molecule has 452 valence electrons. The molecule has 1 N–H and O–H groups in total. The first-order valence-electron chi connectivity index (χ1n) is 29.3. The average molecular weight is 1190 g/mol. The lowest BCUT2D eigenvalue weighted by Gasteiger charge is -2.47. The van der Waals surface area contributed by atoms with Crippen LogP contribution in [0.15, 0.2) is 237 Å². The summed E-state index contributed by atoms with van der Waals surface area (Å²) in [7, 11) is 2.82. The molecule has 9 aromatic rings. The Morgan fingerprint density at radius 3 is 1.28 bits per heavy atom. The molecule has 1 fully saturated rings. The molecule has 1 aliphatic heterocycles. The van der Waals surface area contributed by atoms with Gasteiger partial charge in [0.05, 0.1) is 44.5 Å². The third-order valence-electron chi connectivity index (χ3n) is 15.0. The second kappa shape index (κ2) is 31.6. The van der Waals surface area contributed by atoms with Gasteiger partial charge in [0.1, 0.15) is 67.4 Å². The molecule has 14 nitrogen and oxygen atoms in total. The second-order valence-corrected chi connectivity index (χ2v) is 21.2.